The van der Waals surface area contributed by atoms with Crippen molar-refractivity contribution in [2.45, 2.75) is 31.7 Å². The summed E-state index contributed by atoms with van der Waals surface area (Å²) >= 11 is 0. The molecular weight excluding hydrogens is 256 g/mol. The average molecular weight is 276 g/mol. The number of nitrogens with one attached hydrogen (secondary N) is 1. The Balaban J connectivity index is 1.69. The molecule has 1 amide bonds. The third-order valence-electron chi connectivity index (χ3n) is 4.16. The number of hydrogen-bond acceptors (Lipinski definition) is 4. The monoisotopic (exact) mass is 276 g/mol. The van der Waals surface area contributed by atoms with Gasteiger partial charge in [0.05, 0.1) is 0 Å². The van der Waals surface area contributed by atoms with E-state index in [0.717, 1.165) is 19.3 Å². The summed E-state index contributed by atoms with van der Waals surface area (Å²) in [6.45, 7) is 0.852. The molecule has 0 saturated heterocycles. The van der Waals surface area contributed by atoms with Gasteiger partial charge in [-0.2, -0.15) is 0 Å². The third kappa shape index (κ3) is 2.58. The van der Waals surface area contributed by atoms with Crippen molar-refractivity contribution in [3.05, 3.63) is 23.8 Å². The number of carbonyl (C=O) groups excluding carboxylic acids is 1. The SMILES string of the molecule is NCC1CCCCC1NC(=O)c1ccc2c(c1)OCO2. The second-order valence-electron chi connectivity index (χ2n) is 5.43. The first-order valence-electron chi connectivity index (χ1n) is 7.18. The molecule has 1 aliphatic heterocycles. The lowest BCUT2D eigenvalue weighted by Crippen LogP contribution is -2.44. The first kappa shape index (κ1) is 13.2. The molecule has 1 heterocycles. The summed E-state index contributed by atoms with van der Waals surface area (Å²) < 4.78 is 10.5. The first-order valence-corrected chi connectivity index (χ1v) is 7.18. The Morgan fingerprint density at radius 1 is 1.25 bits per heavy atom. The van der Waals surface area contributed by atoms with Crippen LogP contribution in [0.5, 0.6) is 11.5 Å². The molecule has 1 fully saturated rings. The molecule has 2 atom stereocenters. The van der Waals surface area contributed by atoms with Crippen LogP contribution in [0.1, 0.15) is 36.0 Å². The van der Waals surface area contributed by atoms with E-state index in [4.69, 9.17) is 15.2 Å². The van der Waals surface area contributed by atoms with Crippen LogP contribution in [0.2, 0.25) is 0 Å². The molecule has 3 N–H and O–H groups in total. The van der Waals surface area contributed by atoms with E-state index in [1.54, 1.807) is 18.2 Å². The second kappa shape index (κ2) is 5.71. The minimum Gasteiger partial charge on any atom is -0.454 e. The summed E-state index contributed by atoms with van der Waals surface area (Å²) in [6, 6.07) is 5.46. The normalized spacial score (nSPS) is 24.4. The zero-order valence-electron chi connectivity index (χ0n) is 11.4. The predicted octanol–water partition coefficient (Wildman–Crippen LogP) is 1.66. The Hall–Kier alpha value is -1.75. The van der Waals surface area contributed by atoms with Crippen molar-refractivity contribution in [1.82, 2.24) is 5.32 Å². The number of rotatable bonds is 3. The van der Waals surface area contributed by atoms with E-state index in [1.165, 1.54) is 6.42 Å². The van der Waals surface area contributed by atoms with Crippen molar-refractivity contribution in [3.8, 4) is 11.5 Å². The van der Waals surface area contributed by atoms with E-state index in [0.29, 0.717) is 29.5 Å². The molecule has 5 nitrogen and oxygen atoms in total. The molecular formula is C15H20N2O3. The number of nitrogens with two attached hydrogens (primary N) is 1. The van der Waals surface area contributed by atoms with Crippen molar-refractivity contribution >= 4 is 5.91 Å². The van der Waals surface area contributed by atoms with Crippen LogP contribution in [0, 0.1) is 5.92 Å². The van der Waals surface area contributed by atoms with E-state index < -0.39 is 0 Å². The molecule has 3 rings (SSSR count). The number of ether oxygens (including phenoxy) is 2. The van der Waals surface area contributed by atoms with Gasteiger partial charge in [-0.3, -0.25) is 4.79 Å². The fourth-order valence-corrected chi connectivity index (χ4v) is 2.97. The number of carbonyl (C=O) groups is 1. The van der Waals surface area contributed by atoms with Crippen LogP contribution in [0.25, 0.3) is 0 Å². The molecule has 1 aromatic carbocycles. The lowest BCUT2D eigenvalue weighted by molar-refractivity contribution is 0.0907. The van der Waals surface area contributed by atoms with E-state index in [-0.39, 0.29) is 18.7 Å². The minimum atomic E-state index is -0.0614. The fraction of sp³-hybridized carbons (Fsp3) is 0.533. The van der Waals surface area contributed by atoms with Gasteiger partial charge in [0.25, 0.3) is 5.91 Å². The topological polar surface area (TPSA) is 73.6 Å². The number of hydrogen-bond donors (Lipinski definition) is 2. The number of amides is 1. The Labute approximate surface area is 118 Å². The lowest BCUT2D eigenvalue weighted by Gasteiger charge is -2.31. The van der Waals surface area contributed by atoms with Gasteiger partial charge in [0.1, 0.15) is 0 Å². The summed E-state index contributed by atoms with van der Waals surface area (Å²) in [5.41, 5.74) is 6.40. The lowest BCUT2D eigenvalue weighted by atomic mass is 9.84. The van der Waals surface area contributed by atoms with Crippen LogP contribution in [-0.2, 0) is 0 Å². The quantitative estimate of drug-likeness (QED) is 0.880. The van der Waals surface area contributed by atoms with Gasteiger partial charge in [-0.05, 0) is 43.5 Å². The molecule has 108 valence electrons. The van der Waals surface area contributed by atoms with Gasteiger partial charge in [0, 0.05) is 11.6 Å². The van der Waals surface area contributed by atoms with Crippen molar-refractivity contribution in [2.75, 3.05) is 13.3 Å². The number of fused-ring (bicyclic) bond motifs is 1. The summed E-state index contributed by atoms with van der Waals surface area (Å²) in [5, 5.41) is 3.11. The van der Waals surface area contributed by atoms with Gasteiger partial charge in [-0.1, -0.05) is 12.8 Å². The molecule has 0 spiro atoms. The molecule has 1 aromatic rings. The molecule has 0 aromatic heterocycles. The van der Waals surface area contributed by atoms with Crippen LogP contribution in [0.4, 0.5) is 0 Å². The second-order valence-corrected chi connectivity index (χ2v) is 5.43. The van der Waals surface area contributed by atoms with Gasteiger partial charge in [0.2, 0.25) is 6.79 Å². The molecule has 20 heavy (non-hydrogen) atoms. The summed E-state index contributed by atoms with van der Waals surface area (Å²) in [4.78, 5) is 12.3. The highest BCUT2D eigenvalue weighted by Crippen LogP contribution is 2.32. The minimum absolute atomic E-state index is 0.0614. The van der Waals surface area contributed by atoms with E-state index in [1.807, 2.05) is 0 Å². The van der Waals surface area contributed by atoms with Crippen LogP contribution in [-0.4, -0.2) is 25.3 Å². The van der Waals surface area contributed by atoms with Gasteiger partial charge in [0.15, 0.2) is 11.5 Å². The predicted molar refractivity (Wildman–Crippen MR) is 74.8 cm³/mol. The maximum absolute atomic E-state index is 12.3. The van der Waals surface area contributed by atoms with Crippen LogP contribution in [0.3, 0.4) is 0 Å². The smallest absolute Gasteiger partial charge is 0.251 e. The van der Waals surface area contributed by atoms with Crippen molar-refractivity contribution in [1.29, 1.82) is 0 Å². The molecule has 0 bridgehead atoms. The van der Waals surface area contributed by atoms with E-state index in [2.05, 4.69) is 5.32 Å². The van der Waals surface area contributed by atoms with Gasteiger partial charge in [-0.25, -0.2) is 0 Å². The summed E-state index contributed by atoms with van der Waals surface area (Å²) in [7, 11) is 0. The molecule has 0 radical (unpaired) electrons. The average Bonchev–Trinajstić information content (AvgIpc) is 2.95. The van der Waals surface area contributed by atoms with Crippen molar-refractivity contribution < 1.29 is 14.3 Å². The third-order valence-corrected chi connectivity index (χ3v) is 4.16. The van der Waals surface area contributed by atoms with Crippen LogP contribution < -0.4 is 20.5 Å². The fourth-order valence-electron chi connectivity index (χ4n) is 2.97. The van der Waals surface area contributed by atoms with Gasteiger partial charge >= 0.3 is 0 Å². The highest BCUT2D eigenvalue weighted by atomic mass is 16.7. The Morgan fingerprint density at radius 2 is 2.05 bits per heavy atom. The zero-order valence-corrected chi connectivity index (χ0v) is 11.4. The maximum atomic E-state index is 12.3. The Bertz CT molecular complexity index is 504. The van der Waals surface area contributed by atoms with E-state index >= 15 is 0 Å². The highest BCUT2D eigenvalue weighted by molar-refractivity contribution is 5.95. The van der Waals surface area contributed by atoms with Crippen molar-refractivity contribution in [3.63, 3.8) is 0 Å². The van der Waals surface area contributed by atoms with E-state index in [9.17, 15) is 4.79 Å². The van der Waals surface area contributed by atoms with Crippen LogP contribution >= 0.6 is 0 Å². The maximum Gasteiger partial charge on any atom is 0.251 e. The molecule has 1 aliphatic carbocycles. The first-order chi connectivity index (χ1) is 9.78. The molecule has 2 aliphatic rings. The molecule has 2 unspecified atom stereocenters. The highest BCUT2D eigenvalue weighted by Gasteiger charge is 2.26. The Kier molecular flexibility index (Phi) is 3.78. The molecule has 1 saturated carbocycles. The summed E-state index contributed by atoms with van der Waals surface area (Å²) in [6.07, 6.45) is 4.47. The van der Waals surface area contributed by atoms with Crippen LogP contribution in [0.15, 0.2) is 18.2 Å². The van der Waals surface area contributed by atoms with Crippen molar-refractivity contribution in [2.24, 2.45) is 11.7 Å². The Morgan fingerprint density at radius 3 is 2.90 bits per heavy atom. The zero-order chi connectivity index (χ0) is 13.9. The van der Waals surface area contributed by atoms with Gasteiger partial charge in [-0.15, -0.1) is 0 Å². The van der Waals surface area contributed by atoms with Gasteiger partial charge < -0.3 is 20.5 Å². The molecule has 5 heteroatoms. The summed E-state index contributed by atoms with van der Waals surface area (Å²) in [5.74, 6) is 1.66. The largest absolute Gasteiger partial charge is 0.454 e. The number of benzene rings is 1. The standard InChI is InChI=1S/C15H20N2O3/c16-8-11-3-1-2-4-12(11)17-15(18)10-5-6-13-14(7-10)20-9-19-13/h5-7,11-12H,1-4,8-9,16H2,(H,17,18).